The number of amides is 2. The van der Waals surface area contributed by atoms with Crippen LogP contribution >= 0.6 is 11.3 Å². The van der Waals surface area contributed by atoms with E-state index in [-0.39, 0.29) is 23.4 Å². The van der Waals surface area contributed by atoms with Gasteiger partial charge >= 0.3 is 0 Å². The Hall–Kier alpha value is -2.93. The molecular weight excluding hydrogens is 427 g/mol. The van der Waals surface area contributed by atoms with Crippen LogP contribution in [0.4, 0.5) is 9.39 Å². The molecule has 0 aliphatic heterocycles. The van der Waals surface area contributed by atoms with Gasteiger partial charge in [0, 0.05) is 4.88 Å². The summed E-state index contributed by atoms with van der Waals surface area (Å²) < 4.78 is 19.4. The number of benzene rings is 1. The summed E-state index contributed by atoms with van der Waals surface area (Å²) in [6.07, 6.45) is 4.16. The summed E-state index contributed by atoms with van der Waals surface area (Å²) in [7, 11) is 0. The molecule has 32 heavy (non-hydrogen) atoms. The Morgan fingerprint density at radius 1 is 1.16 bits per heavy atom. The lowest BCUT2D eigenvalue weighted by molar-refractivity contribution is 0.0947. The Balaban J connectivity index is 1.65. The molecule has 1 aromatic carbocycles. The molecule has 1 aliphatic carbocycles. The maximum atomic E-state index is 14.1. The van der Waals surface area contributed by atoms with Gasteiger partial charge in [0.2, 0.25) is 0 Å². The normalized spacial score (nSPS) is 15.8. The van der Waals surface area contributed by atoms with Crippen LogP contribution in [0.3, 0.4) is 0 Å². The molecule has 168 valence electrons. The minimum absolute atomic E-state index is 0.0478. The molecule has 2 amide bonds. The molecule has 2 heterocycles. The molecule has 0 spiro atoms. The van der Waals surface area contributed by atoms with Crippen LogP contribution in [-0.4, -0.2) is 11.8 Å². The van der Waals surface area contributed by atoms with Crippen LogP contribution in [0, 0.1) is 17.2 Å². The SMILES string of the molecule is CC(C)(C)[C@H]1CCc2c(sc(NC(=O)c3ccccc3F)c2C(=O)NCc2ccco2)C1. The number of carbonyl (C=O) groups excluding carboxylic acids is 2. The number of nitrogens with one attached hydrogen (secondary N) is 2. The zero-order valence-electron chi connectivity index (χ0n) is 18.5. The van der Waals surface area contributed by atoms with Crippen molar-refractivity contribution in [1.82, 2.24) is 5.32 Å². The highest BCUT2D eigenvalue weighted by atomic mass is 32.1. The Labute approximate surface area is 191 Å². The number of hydrogen-bond acceptors (Lipinski definition) is 4. The summed E-state index contributed by atoms with van der Waals surface area (Å²) in [4.78, 5) is 27.1. The van der Waals surface area contributed by atoms with E-state index >= 15 is 0 Å². The molecule has 0 saturated heterocycles. The van der Waals surface area contributed by atoms with Gasteiger partial charge in [0.15, 0.2) is 0 Å². The first-order valence-electron chi connectivity index (χ1n) is 10.7. The molecule has 3 aromatic rings. The van der Waals surface area contributed by atoms with E-state index in [2.05, 4.69) is 31.4 Å². The lowest BCUT2D eigenvalue weighted by Crippen LogP contribution is -2.28. The second-order valence-corrected chi connectivity index (χ2v) is 10.3. The van der Waals surface area contributed by atoms with E-state index in [4.69, 9.17) is 4.42 Å². The minimum atomic E-state index is -0.595. The average Bonchev–Trinajstić information content (AvgIpc) is 3.38. The third kappa shape index (κ3) is 4.63. The fourth-order valence-corrected chi connectivity index (χ4v) is 5.46. The van der Waals surface area contributed by atoms with Crippen LogP contribution in [-0.2, 0) is 19.4 Å². The van der Waals surface area contributed by atoms with E-state index in [1.54, 1.807) is 24.5 Å². The summed E-state index contributed by atoms with van der Waals surface area (Å²) >= 11 is 1.42. The van der Waals surface area contributed by atoms with Crippen LogP contribution in [0.2, 0.25) is 0 Å². The van der Waals surface area contributed by atoms with Gasteiger partial charge in [-0.15, -0.1) is 11.3 Å². The third-order valence-electron chi connectivity index (χ3n) is 6.07. The van der Waals surface area contributed by atoms with Gasteiger partial charge in [-0.1, -0.05) is 32.9 Å². The van der Waals surface area contributed by atoms with Crippen LogP contribution in [0.1, 0.15) is 64.1 Å². The van der Waals surface area contributed by atoms with Gasteiger partial charge in [-0.05, 0) is 60.4 Å². The zero-order chi connectivity index (χ0) is 22.9. The monoisotopic (exact) mass is 454 g/mol. The highest BCUT2D eigenvalue weighted by Crippen LogP contribution is 2.44. The number of halogens is 1. The molecule has 0 saturated carbocycles. The van der Waals surface area contributed by atoms with Gasteiger partial charge in [0.25, 0.3) is 11.8 Å². The van der Waals surface area contributed by atoms with Gasteiger partial charge in [-0.25, -0.2) is 4.39 Å². The maximum absolute atomic E-state index is 14.1. The number of carbonyl (C=O) groups is 2. The fourth-order valence-electron chi connectivity index (χ4n) is 4.14. The summed E-state index contributed by atoms with van der Waals surface area (Å²) in [5, 5.41) is 6.17. The standard InChI is InChI=1S/C25H27FN2O3S/c1-25(2,3)15-10-11-18-20(13-15)32-24(28-22(29)17-8-4-5-9-19(17)26)21(18)23(30)27-14-16-7-6-12-31-16/h4-9,12,15H,10-11,13-14H2,1-3H3,(H,27,30)(H,28,29)/t15-/m0/s1. The second kappa shape index (κ2) is 8.90. The highest BCUT2D eigenvalue weighted by molar-refractivity contribution is 7.17. The average molecular weight is 455 g/mol. The molecule has 0 bridgehead atoms. The number of furan rings is 1. The molecule has 1 atom stereocenters. The molecule has 2 N–H and O–H groups in total. The third-order valence-corrected chi connectivity index (χ3v) is 7.24. The van der Waals surface area contributed by atoms with Gasteiger partial charge < -0.3 is 15.1 Å². The van der Waals surface area contributed by atoms with Crippen molar-refractivity contribution in [2.24, 2.45) is 11.3 Å². The highest BCUT2D eigenvalue weighted by Gasteiger charge is 2.34. The Morgan fingerprint density at radius 2 is 1.94 bits per heavy atom. The Morgan fingerprint density at radius 3 is 2.62 bits per heavy atom. The van der Waals surface area contributed by atoms with Crippen molar-refractivity contribution in [1.29, 1.82) is 0 Å². The van der Waals surface area contributed by atoms with Crippen molar-refractivity contribution in [2.45, 2.75) is 46.6 Å². The molecular formula is C25H27FN2O3S. The number of thiophene rings is 1. The van der Waals surface area contributed by atoms with E-state index in [1.165, 1.54) is 29.5 Å². The number of rotatable bonds is 5. The molecule has 7 heteroatoms. The van der Waals surface area contributed by atoms with Crippen molar-refractivity contribution in [3.63, 3.8) is 0 Å². The van der Waals surface area contributed by atoms with E-state index in [0.717, 1.165) is 29.7 Å². The van der Waals surface area contributed by atoms with Gasteiger partial charge in [-0.2, -0.15) is 0 Å². The van der Waals surface area contributed by atoms with Crippen LogP contribution in [0.5, 0.6) is 0 Å². The van der Waals surface area contributed by atoms with E-state index < -0.39 is 11.7 Å². The molecule has 0 radical (unpaired) electrons. The van der Waals surface area contributed by atoms with Gasteiger partial charge in [-0.3, -0.25) is 9.59 Å². The molecule has 4 rings (SSSR count). The van der Waals surface area contributed by atoms with Crippen LogP contribution < -0.4 is 10.6 Å². The topological polar surface area (TPSA) is 71.3 Å². The summed E-state index contributed by atoms with van der Waals surface area (Å²) in [6, 6.07) is 9.39. The Kier molecular flexibility index (Phi) is 6.20. The van der Waals surface area contributed by atoms with Crippen molar-refractivity contribution in [2.75, 3.05) is 5.32 Å². The number of anilines is 1. The van der Waals surface area contributed by atoms with Gasteiger partial charge in [0.1, 0.15) is 16.6 Å². The first kappa shape index (κ1) is 22.3. The lowest BCUT2D eigenvalue weighted by Gasteiger charge is -2.33. The minimum Gasteiger partial charge on any atom is -0.467 e. The summed E-state index contributed by atoms with van der Waals surface area (Å²) in [5.41, 5.74) is 1.57. The van der Waals surface area contributed by atoms with Crippen molar-refractivity contribution >= 4 is 28.2 Å². The predicted molar refractivity (Wildman–Crippen MR) is 124 cm³/mol. The number of hydrogen-bond donors (Lipinski definition) is 2. The van der Waals surface area contributed by atoms with Crippen LogP contribution in [0.15, 0.2) is 47.1 Å². The first-order chi connectivity index (χ1) is 15.2. The summed E-state index contributed by atoms with van der Waals surface area (Å²) in [6.45, 7) is 6.94. The lowest BCUT2D eigenvalue weighted by atomic mass is 9.72. The molecule has 5 nitrogen and oxygen atoms in total. The van der Waals surface area contributed by atoms with Crippen molar-refractivity contribution in [3.05, 3.63) is 75.8 Å². The Bertz CT molecular complexity index is 1130. The molecule has 1 aliphatic rings. The summed E-state index contributed by atoms with van der Waals surface area (Å²) in [5.74, 6) is -0.288. The van der Waals surface area contributed by atoms with Gasteiger partial charge in [0.05, 0.1) is 23.9 Å². The largest absolute Gasteiger partial charge is 0.467 e. The van der Waals surface area contributed by atoms with Crippen molar-refractivity contribution < 1.29 is 18.4 Å². The smallest absolute Gasteiger partial charge is 0.259 e. The first-order valence-corrected chi connectivity index (χ1v) is 11.6. The predicted octanol–water partition coefficient (Wildman–Crippen LogP) is 5.81. The van der Waals surface area contributed by atoms with E-state index in [0.29, 0.717) is 22.2 Å². The quantitative estimate of drug-likeness (QED) is 0.511. The molecule has 0 fully saturated rings. The molecule has 2 aromatic heterocycles. The fraction of sp³-hybridized carbons (Fsp3) is 0.360. The molecule has 0 unspecified atom stereocenters. The van der Waals surface area contributed by atoms with E-state index in [1.807, 2.05) is 0 Å². The van der Waals surface area contributed by atoms with Crippen molar-refractivity contribution in [3.8, 4) is 0 Å². The van der Waals surface area contributed by atoms with Crippen LogP contribution in [0.25, 0.3) is 0 Å². The second-order valence-electron chi connectivity index (χ2n) is 9.21. The van der Waals surface area contributed by atoms with E-state index in [9.17, 15) is 14.0 Å². The maximum Gasteiger partial charge on any atom is 0.259 e. The number of fused-ring (bicyclic) bond motifs is 1. The zero-order valence-corrected chi connectivity index (χ0v) is 19.3.